The molecule has 0 bridgehead atoms. The van der Waals surface area contributed by atoms with Crippen LogP contribution in [0, 0.1) is 6.92 Å². The van der Waals surface area contributed by atoms with Crippen LogP contribution < -0.4 is 9.80 Å². The summed E-state index contributed by atoms with van der Waals surface area (Å²) in [7, 11) is 0. The molecule has 0 saturated carbocycles. The van der Waals surface area contributed by atoms with E-state index in [9.17, 15) is 0 Å². The second kappa shape index (κ2) is 6.83. The van der Waals surface area contributed by atoms with Crippen molar-refractivity contribution in [2.75, 3.05) is 42.6 Å². The molecule has 1 atom stereocenters. The fourth-order valence-electron chi connectivity index (χ4n) is 3.73. The Morgan fingerprint density at radius 1 is 1.12 bits per heavy atom. The molecule has 0 amide bonds. The van der Waals surface area contributed by atoms with Crippen LogP contribution in [-0.4, -0.2) is 57.6 Å². The standard InChI is InChI=1S/C18H27N7O/c1-12(2)17-22-21-16-11-24(10-14(4)25(16)17)15-9-13(3)19-18(20-15)23-5-7-26-8-6-23/h9,12,14H,5-8,10-11H2,1-4H3/t14-/m0/s1. The number of rotatable bonds is 3. The van der Waals surface area contributed by atoms with Gasteiger partial charge in [0.1, 0.15) is 11.6 Å². The molecule has 0 spiro atoms. The average Bonchev–Trinajstić information content (AvgIpc) is 3.07. The molecule has 0 unspecified atom stereocenters. The normalized spacial score (nSPS) is 20.6. The summed E-state index contributed by atoms with van der Waals surface area (Å²) in [5.41, 5.74) is 0.985. The van der Waals surface area contributed by atoms with Crippen LogP contribution >= 0.6 is 0 Å². The monoisotopic (exact) mass is 357 g/mol. The molecule has 1 saturated heterocycles. The van der Waals surface area contributed by atoms with Gasteiger partial charge in [-0.1, -0.05) is 13.8 Å². The summed E-state index contributed by atoms with van der Waals surface area (Å²) in [6.45, 7) is 13.3. The molecule has 0 N–H and O–H groups in total. The zero-order valence-electron chi connectivity index (χ0n) is 16.0. The molecule has 0 aliphatic carbocycles. The number of nitrogens with zero attached hydrogens (tertiary/aromatic N) is 7. The van der Waals surface area contributed by atoms with Crippen molar-refractivity contribution < 1.29 is 4.74 Å². The van der Waals surface area contributed by atoms with Crippen LogP contribution in [0.1, 0.15) is 50.1 Å². The fourth-order valence-corrected chi connectivity index (χ4v) is 3.73. The Balaban J connectivity index is 1.62. The molecular weight excluding hydrogens is 330 g/mol. The molecule has 4 heterocycles. The molecule has 2 aromatic heterocycles. The number of aromatic nitrogens is 5. The number of anilines is 2. The van der Waals surface area contributed by atoms with E-state index >= 15 is 0 Å². The van der Waals surface area contributed by atoms with Crippen LogP contribution in [0.4, 0.5) is 11.8 Å². The van der Waals surface area contributed by atoms with Gasteiger partial charge in [-0.2, -0.15) is 4.98 Å². The summed E-state index contributed by atoms with van der Waals surface area (Å²) in [5.74, 6) is 4.22. The third-order valence-electron chi connectivity index (χ3n) is 5.01. The first-order valence-corrected chi connectivity index (χ1v) is 9.40. The quantitative estimate of drug-likeness (QED) is 0.831. The van der Waals surface area contributed by atoms with Gasteiger partial charge in [-0.3, -0.25) is 0 Å². The molecule has 140 valence electrons. The molecule has 4 rings (SSSR count). The average molecular weight is 357 g/mol. The lowest BCUT2D eigenvalue weighted by Gasteiger charge is -2.34. The predicted molar refractivity (Wildman–Crippen MR) is 99.7 cm³/mol. The van der Waals surface area contributed by atoms with Gasteiger partial charge >= 0.3 is 0 Å². The molecule has 2 aliphatic rings. The number of ether oxygens (including phenoxy) is 1. The Morgan fingerprint density at radius 3 is 2.62 bits per heavy atom. The van der Waals surface area contributed by atoms with Gasteiger partial charge in [0.25, 0.3) is 0 Å². The largest absolute Gasteiger partial charge is 0.378 e. The molecule has 26 heavy (non-hydrogen) atoms. The van der Waals surface area contributed by atoms with Gasteiger partial charge in [0.15, 0.2) is 5.82 Å². The van der Waals surface area contributed by atoms with E-state index in [0.717, 1.165) is 68.5 Å². The van der Waals surface area contributed by atoms with E-state index in [2.05, 4.69) is 56.4 Å². The van der Waals surface area contributed by atoms with Crippen LogP contribution in [0.5, 0.6) is 0 Å². The minimum Gasteiger partial charge on any atom is -0.378 e. The second-order valence-electron chi connectivity index (χ2n) is 7.50. The van der Waals surface area contributed by atoms with E-state index in [1.807, 2.05) is 6.92 Å². The maximum absolute atomic E-state index is 5.45. The lowest BCUT2D eigenvalue weighted by atomic mass is 10.1. The Labute approximate surface area is 154 Å². The zero-order valence-corrected chi connectivity index (χ0v) is 16.0. The summed E-state index contributed by atoms with van der Waals surface area (Å²) < 4.78 is 7.74. The lowest BCUT2D eigenvalue weighted by molar-refractivity contribution is 0.122. The van der Waals surface area contributed by atoms with Gasteiger partial charge in [0.05, 0.1) is 25.8 Å². The third-order valence-corrected chi connectivity index (χ3v) is 5.01. The lowest BCUT2D eigenvalue weighted by Crippen LogP contribution is -2.39. The van der Waals surface area contributed by atoms with Gasteiger partial charge < -0.3 is 19.1 Å². The number of fused-ring (bicyclic) bond motifs is 1. The maximum Gasteiger partial charge on any atom is 0.227 e. The topological polar surface area (TPSA) is 72.2 Å². The predicted octanol–water partition coefficient (Wildman–Crippen LogP) is 1.92. The van der Waals surface area contributed by atoms with Gasteiger partial charge in [-0.25, -0.2) is 4.98 Å². The number of aryl methyl sites for hydroxylation is 1. The van der Waals surface area contributed by atoms with E-state index in [1.165, 1.54) is 0 Å². The minimum absolute atomic E-state index is 0.313. The summed E-state index contributed by atoms with van der Waals surface area (Å²) in [5, 5.41) is 8.86. The Kier molecular flexibility index (Phi) is 4.52. The number of morpholine rings is 1. The van der Waals surface area contributed by atoms with Gasteiger partial charge in [0, 0.05) is 37.3 Å². The van der Waals surface area contributed by atoms with Crippen molar-refractivity contribution in [3.63, 3.8) is 0 Å². The van der Waals surface area contributed by atoms with Gasteiger partial charge in [-0.15, -0.1) is 10.2 Å². The van der Waals surface area contributed by atoms with Gasteiger partial charge in [0.2, 0.25) is 5.95 Å². The molecule has 2 aliphatic heterocycles. The molecule has 0 radical (unpaired) electrons. The van der Waals surface area contributed by atoms with Crippen molar-refractivity contribution in [2.45, 2.75) is 46.2 Å². The molecule has 8 nitrogen and oxygen atoms in total. The highest BCUT2D eigenvalue weighted by atomic mass is 16.5. The highest BCUT2D eigenvalue weighted by Gasteiger charge is 2.28. The maximum atomic E-state index is 5.45. The summed E-state index contributed by atoms with van der Waals surface area (Å²) >= 11 is 0. The highest BCUT2D eigenvalue weighted by molar-refractivity contribution is 5.47. The Hall–Kier alpha value is -2.22. The fraction of sp³-hybridized carbons (Fsp3) is 0.667. The van der Waals surface area contributed by atoms with Crippen LogP contribution in [-0.2, 0) is 11.3 Å². The van der Waals surface area contributed by atoms with Crippen LogP contribution in [0.25, 0.3) is 0 Å². The smallest absolute Gasteiger partial charge is 0.227 e. The summed E-state index contributed by atoms with van der Waals surface area (Å²) in [4.78, 5) is 14.0. The van der Waals surface area contributed by atoms with E-state index in [-0.39, 0.29) is 0 Å². The van der Waals surface area contributed by atoms with Crippen molar-refractivity contribution in [1.29, 1.82) is 0 Å². The Bertz CT molecular complexity index is 782. The number of hydrogen-bond acceptors (Lipinski definition) is 7. The minimum atomic E-state index is 0.313. The van der Waals surface area contributed by atoms with Crippen molar-refractivity contribution in [3.05, 3.63) is 23.4 Å². The molecule has 2 aromatic rings. The van der Waals surface area contributed by atoms with E-state index in [0.29, 0.717) is 12.0 Å². The van der Waals surface area contributed by atoms with Crippen LogP contribution in [0.3, 0.4) is 0 Å². The number of hydrogen-bond donors (Lipinski definition) is 0. The second-order valence-corrected chi connectivity index (χ2v) is 7.50. The zero-order chi connectivity index (χ0) is 18.3. The van der Waals surface area contributed by atoms with Crippen LogP contribution in [0.2, 0.25) is 0 Å². The van der Waals surface area contributed by atoms with Crippen molar-refractivity contribution in [2.24, 2.45) is 0 Å². The van der Waals surface area contributed by atoms with E-state index < -0.39 is 0 Å². The first-order valence-electron chi connectivity index (χ1n) is 9.40. The van der Waals surface area contributed by atoms with E-state index in [4.69, 9.17) is 9.72 Å². The third kappa shape index (κ3) is 3.13. The first kappa shape index (κ1) is 17.2. The molecule has 1 fully saturated rings. The van der Waals surface area contributed by atoms with Crippen LogP contribution in [0.15, 0.2) is 6.07 Å². The van der Waals surface area contributed by atoms with Crippen molar-refractivity contribution in [3.8, 4) is 0 Å². The SMILES string of the molecule is Cc1cc(N2Cc3nnc(C(C)C)n3[C@@H](C)C2)nc(N2CCOCC2)n1. The highest BCUT2D eigenvalue weighted by Crippen LogP contribution is 2.28. The molecular formula is C18H27N7O. The summed E-state index contributed by atoms with van der Waals surface area (Å²) in [6.07, 6.45) is 0. The molecule has 8 heteroatoms. The van der Waals surface area contributed by atoms with Gasteiger partial charge in [-0.05, 0) is 13.8 Å². The van der Waals surface area contributed by atoms with Crippen molar-refractivity contribution >= 4 is 11.8 Å². The van der Waals surface area contributed by atoms with Crippen molar-refractivity contribution in [1.82, 2.24) is 24.7 Å². The molecule has 0 aromatic carbocycles. The first-order chi connectivity index (χ1) is 12.5. The van der Waals surface area contributed by atoms with E-state index in [1.54, 1.807) is 0 Å². The Morgan fingerprint density at radius 2 is 1.88 bits per heavy atom. The summed E-state index contributed by atoms with van der Waals surface area (Å²) in [6, 6.07) is 2.37.